The Labute approximate surface area is 243 Å². The summed E-state index contributed by atoms with van der Waals surface area (Å²) >= 11 is 0. The van der Waals surface area contributed by atoms with E-state index in [1.54, 1.807) is 20.8 Å². The van der Waals surface area contributed by atoms with Crippen molar-refractivity contribution in [1.82, 2.24) is 0 Å². The first kappa shape index (κ1) is 38.2. The van der Waals surface area contributed by atoms with Gasteiger partial charge in [0.1, 0.15) is 5.78 Å². The molecule has 0 bridgehead atoms. The molecule has 0 radical (unpaired) electrons. The average molecular weight is 585 g/mol. The molecule has 0 aliphatic heterocycles. The minimum Gasteiger partial charge on any atom is -0.469 e. The van der Waals surface area contributed by atoms with Crippen LogP contribution in [0.3, 0.4) is 0 Å². The Morgan fingerprint density at radius 1 is 0.975 bits per heavy atom. The molecule has 5 atom stereocenters. The van der Waals surface area contributed by atoms with E-state index in [-0.39, 0.29) is 28.9 Å². The smallest absolute Gasteiger partial charge is 0.308 e. The Kier molecular flexibility index (Phi) is 15.2. The lowest BCUT2D eigenvalue weighted by atomic mass is 9.73. The first-order valence-corrected chi connectivity index (χ1v) is 17.3. The van der Waals surface area contributed by atoms with Crippen LogP contribution >= 0.6 is 0 Å². The lowest BCUT2D eigenvalue weighted by molar-refractivity contribution is -0.152. The van der Waals surface area contributed by atoms with Gasteiger partial charge in [-0.2, -0.15) is 0 Å². The van der Waals surface area contributed by atoms with Gasteiger partial charge in [0.2, 0.25) is 0 Å². The number of carbonyl (C=O) groups is 4. The van der Waals surface area contributed by atoms with Crippen LogP contribution in [0.15, 0.2) is 11.6 Å². The number of aliphatic hydroxyl groups is 1. The van der Waals surface area contributed by atoms with Crippen LogP contribution in [0.5, 0.6) is 0 Å². The van der Waals surface area contributed by atoms with Crippen LogP contribution in [0.4, 0.5) is 0 Å². The van der Waals surface area contributed by atoms with E-state index < -0.39 is 49.9 Å². The van der Waals surface area contributed by atoms with Gasteiger partial charge in [-0.15, -0.1) is 0 Å². The fourth-order valence-electron chi connectivity index (χ4n) is 4.39. The molecule has 0 aromatic carbocycles. The molecule has 0 spiro atoms. The summed E-state index contributed by atoms with van der Waals surface area (Å²) in [6.07, 6.45) is 2.18. The second-order valence-electron chi connectivity index (χ2n) is 13.4. The minimum atomic E-state index is -2.32. The zero-order valence-electron chi connectivity index (χ0n) is 27.3. The van der Waals surface area contributed by atoms with Gasteiger partial charge in [-0.05, 0) is 57.2 Å². The van der Waals surface area contributed by atoms with Crippen LogP contribution < -0.4 is 0 Å². The zero-order chi connectivity index (χ0) is 31.6. The van der Waals surface area contributed by atoms with Crippen molar-refractivity contribution in [2.45, 2.75) is 138 Å². The molecule has 0 aliphatic carbocycles. The average Bonchev–Trinajstić information content (AvgIpc) is 2.83. The summed E-state index contributed by atoms with van der Waals surface area (Å²) in [4.78, 5) is 49.0. The monoisotopic (exact) mass is 584 g/mol. The first-order chi connectivity index (χ1) is 18.1. The molecule has 1 unspecified atom stereocenters. The van der Waals surface area contributed by atoms with Gasteiger partial charge in [-0.25, -0.2) is 0 Å². The Morgan fingerprint density at radius 2 is 1.52 bits per heavy atom. The third-order valence-electron chi connectivity index (χ3n) is 8.44. The highest BCUT2D eigenvalue weighted by molar-refractivity contribution is 6.74. The van der Waals surface area contributed by atoms with Crippen molar-refractivity contribution in [3.8, 4) is 0 Å². The minimum absolute atomic E-state index is 0.0341. The Bertz CT molecular complexity index is 900. The van der Waals surface area contributed by atoms with Gasteiger partial charge in [0.15, 0.2) is 20.2 Å². The molecule has 0 aromatic heterocycles. The predicted octanol–water partition coefficient (Wildman–Crippen LogP) is 6.20. The molecule has 0 aromatic rings. The number of aliphatic hydroxyl groups excluding tert-OH is 1. The van der Waals surface area contributed by atoms with E-state index in [4.69, 9.17) is 13.9 Å². The fraction of sp³-hybridized carbons (Fsp3) is 0.806. The van der Waals surface area contributed by atoms with Crippen molar-refractivity contribution in [3.05, 3.63) is 11.6 Å². The van der Waals surface area contributed by atoms with Gasteiger partial charge in [0, 0.05) is 24.7 Å². The van der Waals surface area contributed by atoms with E-state index in [0.717, 1.165) is 18.4 Å². The number of hydrogen-bond donors (Lipinski definition) is 1. The van der Waals surface area contributed by atoms with Crippen LogP contribution in [-0.2, 0) is 33.1 Å². The number of Topliss-reactive ketones (excluding diaryl/α,β-unsaturated/α-hetero) is 2. The van der Waals surface area contributed by atoms with E-state index in [1.807, 2.05) is 19.9 Å². The molecule has 0 saturated carbocycles. The molecule has 8 nitrogen and oxygen atoms in total. The molecule has 0 amide bonds. The van der Waals surface area contributed by atoms with Gasteiger partial charge in [-0.1, -0.05) is 60.1 Å². The van der Waals surface area contributed by atoms with Gasteiger partial charge in [0.05, 0.1) is 25.7 Å². The van der Waals surface area contributed by atoms with Crippen molar-refractivity contribution < 1.29 is 38.2 Å². The SMILES string of the molecule is COC(=O)C[C@H](O[Si](C)(C)C(C)(C)C)C(C)(C)C(=O)[C@H](C)[C@@H](O)[C@@H](C)CCC/C(C)=C\CC(OC(C)=O)C(C)=O. The number of allylic oxidation sites excluding steroid dienone is 1. The number of rotatable bonds is 17. The molecular formula is C31H56O8Si. The quantitative estimate of drug-likeness (QED) is 0.122. The van der Waals surface area contributed by atoms with Crippen molar-refractivity contribution >= 4 is 31.8 Å². The van der Waals surface area contributed by atoms with Gasteiger partial charge in [-0.3, -0.25) is 19.2 Å². The molecule has 0 heterocycles. The second-order valence-corrected chi connectivity index (χ2v) is 18.1. The number of methoxy groups -OCH3 is 1. The summed E-state index contributed by atoms with van der Waals surface area (Å²) in [7, 11) is -0.989. The summed E-state index contributed by atoms with van der Waals surface area (Å²) in [6, 6.07) is 0. The maximum atomic E-state index is 13.8. The third-order valence-corrected chi connectivity index (χ3v) is 12.9. The number of esters is 2. The lowest BCUT2D eigenvalue weighted by Gasteiger charge is -2.44. The Balaban J connectivity index is 5.40. The van der Waals surface area contributed by atoms with Crippen molar-refractivity contribution in [3.63, 3.8) is 0 Å². The standard InChI is InChI=1S/C31H56O8Si/c1-20(17-18-25(23(4)32)38-24(5)33)15-14-16-21(2)28(35)22(3)29(36)31(9,10)26(19-27(34)37-11)39-40(12,13)30(6,7)8/h17,21-22,25-26,28,35H,14-16,18-19H2,1-13H3/b20-17-/t21-,22+,25?,26-,28-/m0/s1. The van der Waals surface area contributed by atoms with E-state index in [0.29, 0.717) is 12.8 Å². The molecule has 9 heteroatoms. The van der Waals surface area contributed by atoms with E-state index in [1.165, 1.54) is 21.0 Å². The highest BCUT2D eigenvalue weighted by Gasteiger charge is 2.48. The maximum absolute atomic E-state index is 13.8. The van der Waals surface area contributed by atoms with Gasteiger partial charge in [0.25, 0.3) is 0 Å². The predicted molar refractivity (Wildman–Crippen MR) is 160 cm³/mol. The largest absolute Gasteiger partial charge is 0.469 e. The van der Waals surface area contributed by atoms with E-state index >= 15 is 0 Å². The summed E-state index contributed by atoms with van der Waals surface area (Å²) in [5.74, 6) is -2.03. The van der Waals surface area contributed by atoms with Crippen LogP contribution in [0.25, 0.3) is 0 Å². The zero-order valence-corrected chi connectivity index (χ0v) is 28.3. The molecule has 1 N–H and O–H groups in total. The fourth-order valence-corrected chi connectivity index (χ4v) is 5.83. The summed E-state index contributed by atoms with van der Waals surface area (Å²) in [5.41, 5.74) is 0.0528. The molecule has 40 heavy (non-hydrogen) atoms. The summed E-state index contributed by atoms with van der Waals surface area (Å²) < 4.78 is 16.6. The number of hydrogen-bond acceptors (Lipinski definition) is 8. The first-order valence-electron chi connectivity index (χ1n) is 14.4. The van der Waals surface area contributed by atoms with Crippen LogP contribution in [0.1, 0.15) is 101 Å². The van der Waals surface area contributed by atoms with Crippen LogP contribution in [0, 0.1) is 17.3 Å². The van der Waals surface area contributed by atoms with Gasteiger partial charge < -0.3 is 19.0 Å². The molecule has 0 saturated heterocycles. The highest BCUT2D eigenvalue weighted by Crippen LogP contribution is 2.42. The van der Waals surface area contributed by atoms with E-state index in [9.17, 15) is 24.3 Å². The van der Waals surface area contributed by atoms with E-state index in [2.05, 4.69) is 33.9 Å². The second kappa shape index (κ2) is 16.0. The van der Waals surface area contributed by atoms with Crippen molar-refractivity contribution in [1.29, 1.82) is 0 Å². The van der Waals surface area contributed by atoms with Crippen molar-refractivity contribution in [2.24, 2.45) is 17.3 Å². The number of ketones is 2. The van der Waals surface area contributed by atoms with Crippen molar-refractivity contribution in [2.75, 3.05) is 7.11 Å². The topological polar surface area (TPSA) is 116 Å². The highest BCUT2D eigenvalue weighted by atomic mass is 28.4. The molecule has 0 aliphatic rings. The lowest BCUT2D eigenvalue weighted by Crippen LogP contribution is -2.52. The third kappa shape index (κ3) is 11.9. The van der Waals surface area contributed by atoms with Crippen LogP contribution in [-0.4, -0.2) is 62.4 Å². The Hall–Kier alpha value is -1.84. The molecule has 232 valence electrons. The van der Waals surface area contributed by atoms with Crippen LogP contribution in [0.2, 0.25) is 18.1 Å². The molecular weight excluding hydrogens is 528 g/mol. The summed E-state index contributed by atoms with van der Waals surface area (Å²) in [5, 5.41) is 11.0. The summed E-state index contributed by atoms with van der Waals surface area (Å²) in [6.45, 7) is 22.4. The Morgan fingerprint density at radius 3 is 1.98 bits per heavy atom. The maximum Gasteiger partial charge on any atom is 0.308 e. The normalized spacial score (nSPS) is 16.9. The molecule has 0 fully saturated rings. The number of carbonyl (C=O) groups excluding carboxylic acids is 4. The molecule has 0 rings (SSSR count). The number of ether oxygens (including phenoxy) is 2. The van der Waals surface area contributed by atoms with Gasteiger partial charge >= 0.3 is 11.9 Å².